The molecular weight excluding hydrogens is 308 g/mol. The zero-order valence-corrected chi connectivity index (χ0v) is 13.1. The minimum Gasteiger partial charge on any atom is -0.376 e. The molecule has 0 atom stereocenters. The van der Waals surface area contributed by atoms with Gasteiger partial charge in [0.05, 0.1) is 6.54 Å². The predicted octanol–water partition coefficient (Wildman–Crippen LogP) is 1.79. The Morgan fingerprint density at radius 2 is 1.58 bits per heavy atom. The van der Waals surface area contributed by atoms with Crippen LogP contribution in [0.1, 0.15) is 17.3 Å². The van der Waals surface area contributed by atoms with E-state index < -0.39 is 5.91 Å². The fourth-order valence-corrected chi connectivity index (χ4v) is 2.01. The fourth-order valence-electron chi connectivity index (χ4n) is 2.01. The van der Waals surface area contributed by atoms with Gasteiger partial charge in [-0.15, -0.1) is 0 Å². The number of rotatable bonds is 6. The molecule has 0 aliphatic heterocycles. The topological polar surface area (TPSA) is 113 Å². The normalized spacial score (nSPS) is 9.88. The molecule has 3 amide bonds. The van der Waals surface area contributed by atoms with Crippen molar-refractivity contribution in [1.29, 1.82) is 0 Å². The summed E-state index contributed by atoms with van der Waals surface area (Å²) in [7, 11) is 0. The lowest BCUT2D eigenvalue weighted by molar-refractivity contribution is -0.115. The second-order valence-corrected chi connectivity index (χ2v) is 5.11. The Kier molecular flexibility index (Phi) is 5.51. The Morgan fingerprint density at radius 3 is 2.21 bits per heavy atom. The first-order valence-electron chi connectivity index (χ1n) is 7.25. The summed E-state index contributed by atoms with van der Waals surface area (Å²) in [5, 5.41) is 8.31. The second kappa shape index (κ2) is 7.77. The van der Waals surface area contributed by atoms with Crippen molar-refractivity contribution in [3.05, 3.63) is 54.1 Å². The standard InChI is InChI=1S/C17H18N4O3/c1-11(22)20-14-7-5-13(6-8-14)19-10-16(23)21-15-4-2-3-12(9-15)17(18)24/h2-9,19H,10H2,1H3,(H2,18,24)(H,20,22)(H,21,23). The largest absolute Gasteiger partial charge is 0.376 e. The molecule has 0 saturated carbocycles. The van der Waals surface area contributed by atoms with Crippen molar-refractivity contribution in [1.82, 2.24) is 0 Å². The number of hydrogen-bond acceptors (Lipinski definition) is 4. The van der Waals surface area contributed by atoms with Crippen molar-refractivity contribution in [2.45, 2.75) is 6.92 Å². The van der Waals surface area contributed by atoms with Crippen molar-refractivity contribution in [3.8, 4) is 0 Å². The lowest BCUT2D eigenvalue weighted by Gasteiger charge is -2.09. The van der Waals surface area contributed by atoms with E-state index in [2.05, 4.69) is 16.0 Å². The predicted molar refractivity (Wildman–Crippen MR) is 92.8 cm³/mol. The molecule has 24 heavy (non-hydrogen) atoms. The lowest BCUT2D eigenvalue weighted by atomic mass is 10.2. The van der Waals surface area contributed by atoms with Crippen LogP contribution in [0.25, 0.3) is 0 Å². The minimum absolute atomic E-state index is 0.0558. The molecule has 0 aromatic heterocycles. The van der Waals surface area contributed by atoms with Gasteiger partial charge in [0.15, 0.2) is 0 Å². The van der Waals surface area contributed by atoms with Crippen LogP contribution < -0.4 is 21.7 Å². The molecule has 0 bridgehead atoms. The van der Waals surface area contributed by atoms with E-state index in [0.29, 0.717) is 16.9 Å². The number of amides is 3. The second-order valence-electron chi connectivity index (χ2n) is 5.11. The summed E-state index contributed by atoms with van der Waals surface area (Å²) in [6.45, 7) is 1.49. The quantitative estimate of drug-likeness (QED) is 0.648. The van der Waals surface area contributed by atoms with E-state index in [0.717, 1.165) is 5.69 Å². The van der Waals surface area contributed by atoms with E-state index in [4.69, 9.17) is 5.73 Å². The van der Waals surface area contributed by atoms with E-state index in [1.54, 1.807) is 42.5 Å². The van der Waals surface area contributed by atoms with Crippen molar-refractivity contribution in [2.24, 2.45) is 5.73 Å². The van der Waals surface area contributed by atoms with E-state index in [1.165, 1.54) is 13.0 Å². The summed E-state index contributed by atoms with van der Waals surface area (Å²) in [4.78, 5) is 34.0. The first-order valence-corrected chi connectivity index (χ1v) is 7.25. The van der Waals surface area contributed by atoms with Gasteiger partial charge in [-0.1, -0.05) is 6.07 Å². The van der Waals surface area contributed by atoms with Crippen LogP contribution in [-0.2, 0) is 9.59 Å². The number of carbonyl (C=O) groups is 3. The van der Waals surface area contributed by atoms with Gasteiger partial charge in [0.1, 0.15) is 0 Å². The molecule has 0 unspecified atom stereocenters. The molecule has 7 heteroatoms. The third kappa shape index (κ3) is 5.13. The zero-order valence-electron chi connectivity index (χ0n) is 13.1. The monoisotopic (exact) mass is 326 g/mol. The van der Waals surface area contributed by atoms with E-state index in [9.17, 15) is 14.4 Å². The van der Waals surface area contributed by atoms with E-state index in [-0.39, 0.29) is 18.4 Å². The molecule has 0 saturated heterocycles. The van der Waals surface area contributed by atoms with Gasteiger partial charge in [-0.25, -0.2) is 0 Å². The molecule has 5 N–H and O–H groups in total. The van der Waals surface area contributed by atoms with Crippen LogP contribution in [0.2, 0.25) is 0 Å². The molecule has 124 valence electrons. The minimum atomic E-state index is -0.552. The fraction of sp³-hybridized carbons (Fsp3) is 0.118. The summed E-state index contributed by atoms with van der Waals surface area (Å²) in [6, 6.07) is 13.4. The zero-order chi connectivity index (χ0) is 17.5. The number of hydrogen-bond donors (Lipinski definition) is 4. The van der Waals surface area contributed by atoms with Gasteiger partial charge >= 0.3 is 0 Å². The summed E-state index contributed by atoms with van der Waals surface area (Å²) < 4.78 is 0. The molecule has 0 fully saturated rings. The molecule has 7 nitrogen and oxygen atoms in total. The van der Waals surface area contributed by atoms with Crippen molar-refractivity contribution in [2.75, 3.05) is 22.5 Å². The van der Waals surface area contributed by atoms with Crippen LogP contribution >= 0.6 is 0 Å². The first kappa shape index (κ1) is 17.0. The number of carbonyl (C=O) groups excluding carboxylic acids is 3. The summed E-state index contributed by atoms with van der Waals surface area (Å²) in [5.41, 5.74) is 7.45. The maximum Gasteiger partial charge on any atom is 0.248 e. The van der Waals surface area contributed by atoms with Gasteiger partial charge < -0.3 is 21.7 Å². The smallest absolute Gasteiger partial charge is 0.248 e. The van der Waals surface area contributed by atoms with Crippen molar-refractivity contribution >= 4 is 34.8 Å². The highest BCUT2D eigenvalue weighted by molar-refractivity contribution is 5.97. The molecular formula is C17H18N4O3. The summed E-state index contributed by atoms with van der Waals surface area (Å²) >= 11 is 0. The highest BCUT2D eigenvalue weighted by Crippen LogP contribution is 2.14. The SMILES string of the molecule is CC(=O)Nc1ccc(NCC(=O)Nc2cccc(C(N)=O)c2)cc1. The number of primary amides is 1. The summed E-state index contributed by atoms with van der Waals surface area (Å²) in [5.74, 6) is -0.959. The maximum atomic E-state index is 11.9. The van der Waals surface area contributed by atoms with Gasteiger partial charge in [-0.05, 0) is 42.5 Å². The van der Waals surface area contributed by atoms with Crippen LogP contribution in [0.4, 0.5) is 17.1 Å². The maximum absolute atomic E-state index is 11.9. The van der Waals surface area contributed by atoms with Gasteiger partial charge in [0.25, 0.3) is 0 Å². The average Bonchev–Trinajstić information content (AvgIpc) is 2.54. The molecule has 2 aromatic rings. The number of benzene rings is 2. The van der Waals surface area contributed by atoms with Crippen molar-refractivity contribution < 1.29 is 14.4 Å². The molecule has 0 radical (unpaired) electrons. The summed E-state index contributed by atoms with van der Waals surface area (Å²) in [6.07, 6.45) is 0. The third-order valence-electron chi connectivity index (χ3n) is 3.09. The molecule has 2 aromatic carbocycles. The number of nitrogens with two attached hydrogens (primary N) is 1. The molecule has 0 aliphatic rings. The van der Waals surface area contributed by atoms with Gasteiger partial charge in [-0.3, -0.25) is 14.4 Å². The third-order valence-corrected chi connectivity index (χ3v) is 3.09. The van der Waals surface area contributed by atoms with Crippen LogP contribution in [0.3, 0.4) is 0 Å². The Bertz CT molecular complexity index is 757. The molecule has 2 rings (SSSR count). The van der Waals surface area contributed by atoms with E-state index >= 15 is 0 Å². The van der Waals surface area contributed by atoms with Crippen LogP contribution in [0.15, 0.2) is 48.5 Å². The molecule has 0 aliphatic carbocycles. The Balaban J connectivity index is 1.88. The van der Waals surface area contributed by atoms with Gasteiger partial charge in [0.2, 0.25) is 17.7 Å². The van der Waals surface area contributed by atoms with Gasteiger partial charge in [-0.2, -0.15) is 0 Å². The van der Waals surface area contributed by atoms with Crippen LogP contribution in [0.5, 0.6) is 0 Å². The Morgan fingerprint density at radius 1 is 0.917 bits per heavy atom. The first-order chi connectivity index (χ1) is 11.4. The Hall–Kier alpha value is -3.35. The van der Waals surface area contributed by atoms with Crippen molar-refractivity contribution in [3.63, 3.8) is 0 Å². The average molecular weight is 326 g/mol. The molecule has 0 heterocycles. The highest BCUT2D eigenvalue weighted by Gasteiger charge is 2.05. The van der Waals surface area contributed by atoms with Crippen LogP contribution in [-0.4, -0.2) is 24.3 Å². The molecule has 0 spiro atoms. The number of anilines is 3. The van der Waals surface area contributed by atoms with Crippen LogP contribution in [0, 0.1) is 0 Å². The van der Waals surface area contributed by atoms with Gasteiger partial charge in [0, 0.05) is 29.5 Å². The van der Waals surface area contributed by atoms with E-state index in [1.807, 2.05) is 0 Å². The highest BCUT2D eigenvalue weighted by atomic mass is 16.2. The Labute approximate surface area is 139 Å². The lowest BCUT2D eigenvalue weighted by Crippen LogP contribution is -2.22. The number of nitrogens with one attached hydrogen (secondary N) is 3.